The van der Waals surface area contributed by atoms with Crippen LogP contribution in [-0.4, -0.2) is 36.6 Å². The van der Waals surface area contributed by atoms with E-state index in [2.05, 4.69) is 50.8 Å². The number of ether oxygens (including phenoxy) is 1. The van der Waals surface area contributed by atoms with Gasteiger partial charge in [-0.3, -0.25) is 10.1 Å². The normalized spacial score (nSPS) is 13.4. The number of hydrogen-bond acceptors (Lipinski definition) is 8. The number of amides is 1. The molecule has 1 amide bonds. The lowest BCUT2D eigenvalue weighted by atomic mass is 10.0. The monoisotopic (exact) mass is 480 g/mol. The van der Waals surface area contributed by atoms with Crippen molar-refractivity contribution < 1.29 is 9.53 Å². The van der Waals surface area contributed by atoms with E-state index >= 15 is 0 Å². The molecule has 170 valence electrons. The molecule has 10 heteroatoms. The van der Waals surface area contributed by atoms with E-state index in [1.807, 2.05) is 29.7 Å². The molecule has 5 rings (SSSR count). The minimum atomic E-state index is -0.131. The van der Waals surface area contributed by atoms with Gasteiger partial charge < -0.3 is 9.30 Å². The van der Waals surface area contributed by atoms with Gasteiger partial charge >= 0.3 is 0 Å². The molecule has 1 saturated carbocycles. The summed E-state index contributed by atoms with van der Waals surface area (Å²) in [6, 6.07) is 12.3. The molecule has 1 fully saturated rings. The fourth-order valence-corrected chi connectivity index (χ4v) is 5.37. The molecular formula is C23H24N6O2S2. The average Bonchev–Trinajstić information content (AvgIpc) is 3.45. The quantitative estimate of drug-likeness (QED) is 0.344. The van der Waals surface area contributed by atoms with Crippen LogP contribution in [0.3, 0.4) is 0 Å². The summed E-state index contributed by atoms with van der Waals surface area (Å²) in [4.78, 5) is 12.4. The molecule has 2 aromatic heterocycles. The first-order valence-corrected chi connectivity index (χ1v) is 12.7. The molecule has 0 atom stereocenters. The van der Waals surface area contributed by atoms with Gasteiger partial charge in [0.1, 0.15) is 17.4 Å². The fourth-order valence-electron chi connectivity index (χ4n) is 3.62. The van der Waals surface area contributed by atoms with E-state index in [-0.39, 0.29) is 11.7 Å². The van der Waals surface area contributed by atoms with Gasteiger partial charge in [0.15, 0.2) is 11.0 Å². The second-order valence-corrected chi connectivity index (χ2v) is 9.85. The highest BCUT2D eigenvalue weighted by Gasteiger charge is 2.27. The Morgan fingerprint density at radius 2 is 2.03 bits per heavy atom. The number of anilines is 1. The number of rotatable bonds is 9. The predicted octanol–water partition coefficient (Wildman–Crippen LogP) is 4.80. The molecule has 2 aromatic carbocycles. The van der Waals surface area contributed by atoms with Crippen LogP contribution in [0, 0.1) is 6.92 Å². The van der Waals surface area contributed by atoms with Gasteiger partial charge in [-0.15, -0.1) is 20.4 Å². The van der Waals surface area contributed by atoms with Crippen LogP contribution in [0.1, 0.15) is 42.1 Å². The van der Waals surface area contributed by atoms with E-state index in [9.17, 15) is 4.79 Å². The molecule has 8 nitrogen and oxygen atoms in total. The summed E-state index contributed by atoms with van der Waals surface area (Å²) in [6.07, 6.45) is 2.33. The van der Waals surface area contributed by atoms with Crippen molar-refractivity contribution in [2.75, 3.05) is 11.1 Å². The minimum absolute atomic E-state index is 0.131. The standard InChI is InChI=1S/C23H24N6O2S2/c1-3-29-19(12-31-18-11-10-15-6-4-5-7-17(15)14(18)2)25-28-23(29)32-13-20(30)24-22-27-26-21(33-22)16-8-9-16/h4-7,10-11,16H,3,8-9,12-13H2,1-2H3,(H,24,27,30). The van der Waals surface area contributed by atoms with Gasteiger partial charge in [0.2, 0.25) is 11.0 Å². The maximum absolute atomic E-state index is 12.4. The number of nitrogens with one attached hydrogen (secondary N) is 1. The minimum Gasteiger partial charge on any atom is -0.485 e. The lowest BCUT2D eigenvalue weighted by molar-refractivity contribution is -0.113. The Balaban J connectivity index is 1.20. The molecular weight excluding hydrogens is 456 g/mol. The second-order valence-electron chi connectivity index (χ2n) is 7.90. The van der Waals surface area contributed by atoms with Crippen molar-refractivity contribution in [2.24, 2.45) is 0 Å². The highest BCUT2D eigenvalue weighted by atomic mass is 32.2. The lowest BCUT2D eigenvalue weighted by Crippen LogP contribution is -2.14. The third-order valence-corrected chi connectivity index (χ3v) is 7.53. The molecule has 0 unspecified atom stereocenters. The van der Waals surface area contributed by atoms with Crippen LogP contribution < -0.4 is 10.1 Å². The molecule has 0 saturated heterocycles. The summed E-state index contributed by atoms with van der Waals surface area (Å²) >= 11 is 2.81. The average molecular weight is 481 g/mol. The van der Waals surface area contributed by atoms with Gasteiger partial charge in [-0.25, -0.2) is 0 Å². The highest BCUT2D eigenvalue weighted by molar-refractivity contribution is 7.99. The molecule has 0 bridgehead atoms. The molecule has 2 heterocycles. The van der Waals surface area contributed by atoms with Gasteiger partial charge in [-0.1, -0.05) is 53.4 Å². The molecule has 1 N–H and O–H groups in total. The summed E-state index contributed by atoms with van der Waals surface area (Å²) in [5.41, 5.74) is 1.10. The van der Waals surface area contributed by atoms with Crippen LogP contribution in [0.5, 0.6) is 5.75 Å². The highest BCUT2D eigenvalue weighted by Crippen LogP contribution is 2.42. The van der Waals surface area contributed by atoms with Crippen molar-refractivity contribution in [3.8, 4) is 5.75 Å². The molecule has 0 aliphatic heterocycles. The Hall–Kier alpha value is -2.98. The van der Waals surface area contributed by atoms with Crippen molar-refractivity contribution in [3.63, 3.8) is 0 Å². The van der Waals surface area contributed by atoms with E-state index in [1.54, 1.807) is 0 Å². The van der Waals surface area contributed by atoms with Crippen LogP contribution in [-0.2, 0) is 17.9 Å². The topological polar surface area (TPSA) is 94.8 Å². The number of hydrogen-bond donors (Lipinski definition) is 1. The summed E-state index contributed by atoms with van der Waals surface area (Å²) in [6.45, 7) is 5.08. The van der Waals surface area contributed by atoms with E-state index in [0.29, 0.717) is 29.4 Å². The zero-order chi connectivity index (χ0) is 22.8. The summed E-state index contributed by atoms with van der Waals surface area (Å²) in [5, 5.41) is 24.2. The van der Waals surface area contributed by atoms with E-state index < -0.39 is 0 Å². The van der Waals surface area contributed by atoms with Crippen LogP contribution in [0.2, 0.25) is 0 Å². The van der Waals surface area contributed by atoms with Crippen molar-refractivity contribution in [3.05, 3.63) is 52.8 Å². The Bertz CT molecular complexity index is 1300. The Kier molecular flexibility index (Phi) is 6.28. The molecule has 1 aliphatic rings. The zero-order valence-electron chi connectivity index (χ0n) is 18.4. The fraction of sp³-hybridized carbons (Fsp3) is 0.348. The van der Waals surface area contributed by atoms with E-state index in [4.69, 9.17) is 4.74 Å². The Morgan fingerprint density at radius 1 is 1.18 bits per heavy atom. The van der Waals surface area contributed by atoms with E-state index in [0.717, 1.165) is 35.0 Å². The first-order chi connectivity index (χ1) is 16.1. The first kappa shape index (κ1) is 21.8. The maximum Gasteiger partial charge on any atom is 0.236 e. The van der Waals surface area contributed by atoms with Gasteiger partial charge in [0, 0.05) is 12.5 Å². The first-order valence-electron chi connectivity index (χ1n) is 10.9. The van der Waals surface area contributed by atoms with E-state index in [1.165, 1.54) is 33.9 Å². The Labute approximate surface area is 199 Å². The van der Waals surface area contributed by atoms with Crippen LogP contribution in [0.25, 0.3) is 10.8 Å². The summed E-state index contributed by atoms with van der Waals surface area (Å²) in [7, 11) is 0. The zero-order valence-corrected chi connectivity index (χ0v) is 20.1. The number of aromatic nitrogens is 5. The number of carbonyl (C=O) groups excluding carboxylic acids is 1. The number of benzene rings is 2. The molecule has 0 radical (unpaired) electrons. The Morgan fingerprint density at radius 3 is 2.85 bits per heavy atom. The lowest BCUT2D eigenvalue weighted by Gasteiger charge is -2.12. The van der Waals surface area contributed by atoms with Gasteiger partial charge in [0.25, 0.3) is 0 Å². The third-order valence-electron chi connectivity index (χ3n) is 5.56. The summed E-state index contributed by atoms with van der Waals surface area (Å²) in [5.74, 6) is 2.18. The largest absolute Gasteiger partial charge is 0.485 e. The second kappa shape index (κ2) is 9.48. The van der Waals surface area contributed by atoms with Crippen LogP contribution in [0.4, 0.5) is 5.13 Å². The predicted molar refractivity (Wildman–Crippen MR) is 130 cm³/mol. The van der Waals surface area contributed by atoms with Crippen molar-refractivity contribution in [1.29, 1.82) is 0 Å². The van der Waals surface area contributed by atoms with Crippen molar-refractivity contribution in [1.82, 2.24) is 25.0 Å². The number of nitrogens with zero attached hydrogens (tertiary/aromatic N) is 5. The molecule has 1 aliphatic carbocycles. The number of thioether (sulfide) groups is 1. The summed E-state index contributed by atoms with van der Waals surface area (Å²) < 4.78 is 8.07. The molecule has 0 spiro atoms. The molecule has 33 heavy (non-hydrogen) atoms. The van der Waals surface area contributed by atoms with Crippen LogP contribution in [0.15, 0.2) is 41.6 Å². The van der Waals surface area contributed by atoms with Gasteiger partial charge in [0.05, 0.1) is 5.75 Å². The number of fused-ring (bicyclic) bond motifs is 1. The van der Waals surface area contributed by atoms with Crippen molar-refractivity contribution in [2.45, 2.75) is 50.9 Å². The number of aryl methyl sites for hydroxylation is 1. The van der Waals surface area contributed by atoms with Crippen molar-refractivity contribution >= 4 is 44.9 Å². The molecule has 4 aromatic rings. The SMILES string of the molecule is CCn1c(COc2ccc3ccccc3c2C)nnc1SCC(=O)Nc1nnc(C2CC2)s1. The maximum atomic E-state index is 12.4. The van der Waals surface area contributed by atoms with Gasteiger partial charge in [-0.05, 0) is 49.1 Å². The smallest absolute Gasteiger partial charge is 0.236 e. The third kappa shape index (κ3) is 4.86. The van der Waals surface area contributed by atoms with Gasteiger partial charge in [-0.2, -0.15) is 0 Å². The number of carbonyl (C=O) groups is 1. The van der Waals surface area contributed by atoms with Crippen LogP contribution >= 0.6 is 23.1 Å².